The maximum Gasteiger partial charge on any atom is 0.118 e. The summed E-state index contributed by atoms with van der Waals surface area (Å²) >= 11 is 0. The molecule has 112 valence electrons. The molecule has 0 spiro atoms. The summed E-state index contributed by atoms with van der Waals surface area (Å²) < 4.78 is 11.0. The van der Waals surface area contributed by atoms with Crippen molar-refractivity contribution in [3.63, 3.8) is 0 Å². The van der Waals surface area contributed by atoms with Gasteiger partial charge in [0, 0.05) is 24.1 Å². The third kappa shape index (κ3) is 2.99. The Morgan fingerprint density at radius 3 is 2.45 bits per heavy atom. The third-order valence-electron chi connectivity index (χ3n) is 4.61. The van der Waals surface area contributed by atoms with Gasteiger partial charge in [-0.2, -0.15) is 0 Å². The molecule has 1 aromatic carbocycles. The fraction of sp³-hybridized carbons (Fsp3) is 0.647. The van der Waals surface area contributed by atoms with Crippen LogP contribution in [-0.2, 0) is 4.74 Å². The average Bonchev–Trinajstić information content (AvgIpc) is 2.46. The highest BCUT2D eigenvalue weighted by Crippen LogP contribution is 2.43. The van der Waals surface area contributed by atoms with Crippen molar-refractivity contribution in [3.8, 4) is 5.75 Å². The van der Waals surface area contributed by atoms with Crippen LogP contribution in [0.4, 0.5) is 0 Å². The monoisotopic (exact) mass is 277 g/mol. The molecule has 3 nitrogen and oxygen atoms in total. The molecule has 20 heavy (non-hydrogen) atoms. The predicted octanol–water partition coefficient (Wildman–Crippen LogP) is 3.55. The molecule has 3 atom stereocenters. The quantitative estimate of drug-likeness (QED) is 0.862. The molecule has 0 amide bonds. The van der Waals surface area contributed by atoms with Gasteiger partial charge in [-0.25, -0.2) is 0 Å². The van der Waals surface area contributed by atoms with Gasteiger partial charge in [0.2, 0.25) is 0 Å². The van der Waals surface area contributed by atoms with E-state index in [0.29, 0.717) is 18.2 Å². The van der Waals surface area contributed by atoms with Gasteiger partial charge in [-0.3, -0.25) is 0 Å². The molecule has 0 aromatic heterocycles. The highest BCUT2D eigenvalue weighted by Gasteiger charge is 2.49. The fourth-order valence-electron chi connectivity index (χ4n) is 2.94. The summed E-state index contributed by atoms with van der Waals surface area (Å²) in [4.78, 5) is 0. The third-order valence-corrected chi connectivity index (χ3v) is 4.61. The van der Waals surface area contributed by atoms with Crippen molar-refractivity contribution in [2.45, 2.75) is 52.3 Å². The molecule has 1 aromatic rings. The molecule has 1 aliphatic rings. The first-order valence-electron chi connectivity index (χ1n) is 7.50. The van der Waals surface area contributed by atoms with Crippen LogP contribution in [0, 0.1) is 5.41 Å². The van der Waals surface area contributed by atoms with Crippen molar-refractivity contribution in [2.24, 2.45) is 5.41 Å². The zero-order valence-electron chi connectivity index (χ0n) is 13.3. The van der Waals surface area contributed by atoms with E-state index in [1.54, 1.807) is 7.11 Å². The number of rotatable bonds is 6. The SMILES string of the molecule is CCOC1CC(N[C@@H](C)c2ccc(OC)cc2)C1(C)C. The Bertz CT molecular complexity index is 427. The average molecular weight is 277 g/mol. The molecule has 1 fully saturated rings. The lowest BCUT2D eigenvalue weighted by atomic mass is 9.64. The number of methoxy groups -OCH3 is 1. The molecule has 0 saturated heterocycles. The molecular weight excluding hydrogens is 250 g/mol. The molecule has 0 radical (unpaired) electrons. The van der Waals surface area contributed by atoms with Crippen LogP contribution in [0.5, 0.6) is 5.75 Å². The van der Waals surface area contributed by atoms with Crippen LogP contribution in [0.2, 0.25) is 0 Å². The maximum absolute atomic E-state index is 5.78. The number of hydrogen-bond acceptors (Lipinski definition) is 3. The van der Waals surface area contributed by atoms with Crippen LogP contribution in [-0.4, -0.2) is 25.9 Å². The van der Waals surface area contributed by atoms with Gasteiger partial charge in [0.25, 0.3) is 0 Å². The summed E-state index contributed by atoms with van der Waals surface area (Å²) in [5.74, 6) is 0.904. The van der Waals surface area contributed by atoms with E-state index in [2.05, 4.69) is 45.1 Å². The second-order valence-corrected chi connectivity index (χ2v) is 6.22. The maximum atomic E-state index is 5.78. The van der Waals surface area contributed by atoms with Gasteiger partial charge in [-0.05, 0) is 38.0 Å². The van der Waals surface area contributed by atoms with E-state index in [4.69, 9.17) is 9.47 Å². The minimum Gasteiger partial charge on any atom is -0.497 e. The van der Waals surface area contributed by atoms with Crippen molar-refractivity contribution in [2.75, 3.05) is 13.7 Å². The molecular formula is C17H27NO2. The number of hydrogen-bond donors (Lipinski definition) is 1. The smallest absolute Gasteiger partial charge is 0.118 e. The van der Waals surface area contributed by atoms with Gasteiger partial charge in [0.1, 0.15) is 5.75 Å². The van der Waals surface area contributed by atoms with E-state index in [-0.39, 0.29) is 5.41 Å². The highest BCUT2D eigenvalue weighted by atomic mass is 16.5. The molecule has 0 bridgehead atoms. The Balaban J connectivity index is 1.93. The summed E-state index contributed by atoms with van der Waals surface area (Å²) in [6, 6.07) is 9.14. The first kappa shape index (κ1) is 15.3. The molecule has 2 unspecified atom stereocenters. The van der Waals surface area contributed by atoms with Crippen molar-refractivity contribution >= 4 is 0 Å². The summed E-state index contributed by atoms with van der Waals surface area (Å²) in [5, 5.41) is 3.73. The topological polar surface area (TPSA) is 30.5 Å². The Kier molecular flexibility index (Phi) is 4.71. The van der Waals surface area contributed by atoms with Gasteiger partial charge >= 0.3 is 0 Å². The van der Waals surface area contributed by atoms with E-state index in [9.17, 15) is 0 Å². The summed E-state index contributed by atoms with van der Waals surface area (Å²) in [5.41, 5.74) is 1.50. The Morgan fingerprint density at radius 2 is 1.95 bits per heavy atom. The van der Waals surface area contributed by atoms with Crippen LogP contribution in [0.3, 0.4) is 0 Å². The van der Waals surface area contributed by atoms with Crippen LogP contribution in [0.1, 0.15) is 45.7 Å². The normalized spacial score (nSPS) is 25.9. The van der Waals surface area contributed by atoms with E-state index in [1.165, 1.54) is 5.56 Å². The first-order chi connectivity index (χ1) is 9.48. The second-order valence-electron chi connectivity index (χ2n) is 6.22. The van der Waals surface area contributed by atoms with Gasteiger partial charge in [-0.15, -0.1) is 0 Å². The van der Waals surface area contributed by atoms with Gasteiger partial charge in [0.15, 0.2) is 0 Å². The highest BCUT2D eigenvalue weighted by molar-refractivity contribution is 5.29. The molecule has 1 N–H and O–H groups in total. The zero-order valence-corrected chi connectivity index (χ0v) is 13.3. The van der Waals surface area contributed by atoms with Crippen LogP contribution < -0.4 is 10.1 Å². The van der Waals surface area contributed by atoms with Crippen molar-refractivity contribution in [1.29, 1.82) is 0 Å². The summed E-state index contributed by atoms with van der Waals surface area (Å²) in [6.07, 6.45) is 1.48. The molecule has 1 saturated carbocycles. The van der Waals surface area contributed by atoms with Gasteiger partial charge < -0.3 is 14.8 Å². The standard InChI is InChI=1S/C17H27NO2/c1-6-20-16-11-15(17(16,3)4)18-12(2)13-7-9-14(19-5)10-8-13/h7-10,12,15-16,18H,6,11H2,1-5H3/t12-,15?,16?/m0/s1. The number of nitrogens with one attached hydrogen (secondary N) is 1. The van der Waals surface area contributed by atoms with E-state index in [1.807, 2.05) is 12.1 Å². The van der Waals surface area contributed by atoms with Gasteiger partial charge in [0.05, 0.1) is 13.2 Å². The number of ether oxygens (including phenoxy) is 2. The second kappa shape index (κ2) is 6.15. The fourth-order valence-corrected chi connectivity index (χ4v) is 2.94. The Hall–Kier alpha value is -1.06. The van der Waals surface area contributed by atoms with Crippen molar-refractivity contribution in [1.82, 2.24) is 5.32 Å². The van der Waals surface area contributed by atoms with E-state index in [0.717, 1.165) is 18.8 Å². The molecule has 3 heteroatoms. The minimum atomic E-state index is 0.205. The van der Waals surface area contributed by atoms with E-state index < -0.39 is 0 Å². The largest absolute Gasteiger partial charge is 0.497 e. The minimum absolute atomic E-state index is 0.205. The van der Waals surface area contributed by atoms with Crippen LogP contribution in [0.25, 0.3) is 0 Å². The zero-order chi connectivity index (χ0) is 14.8. The molecule has 2 rings (SSSR count). The van der Waals surface area contributed by atoms with Crippen LogP contribution >= 0.6 is 0 Å². The summed E-state index contributed by atoms with van der Waals surface area (Å²) in [6.45, 7) is 9.65. The molecule has 0 aliphatic heterocycles. The van der Waals surface area contributed by atoms with Crippen molar-refractivity contribution < 1.29 is 9.47 Å². The molecule has 0 heterocycles. The van der Waals surface area contributed by atoms with Gasteiger partial charge in [-0.1, -0.05) is 26.0 Å². The lowest BCUT2D eigenvalue weighted by molar-refractivity contribution is -0.116. The Morgan fingerprint density at radius 1 is 1.30 bits per heavy atom. The van der Waals surface area contributed by atoms with Crippen molar-refractivity contribution in [3.05, 3.63) is 29.8 Å². The first-order valence-corrected chi connectivity index (χ1v) is 7.50. The summed E-state index contributed by atoms with van der Waals surface area (Å²) in [7, 11) is 1.70. The number of benzene rings is 1. The predicted molar refractivity (Wildman–Crippen MR) is 82.1 cm³/mol. The van der Waals surface area contributed by atoms with Crippen LogP contribution in [0.15, 0.2) is 24.3 Å². The molecule has 1 aliphatic carbocycles. The van der Waals surface area contributed by atoms with E-state index >= 15 is 0 Å². The lowest BCUT2D eigenvalue weighted by Gasteiger charge is -2.52. The lowest BCUT2D eigenvalue weighted by Crippen LogP contribution is -2.61. The Labute approximate surface area is 122 Å².